The van der Waals surface area contributed by atoms with Gasteiger partial charge >= 0.3 is 0 Å². The minimum absolute atomic E-state index is 0.0747. The molecule has 0 aliphatic rings. The van der Waals surface area contributed by atoms with Gasteiger partial charge in [0.15, 0.2) is 11.6 Å². The van der Waals surface area contributed by atoms with Crippen LogP contribution in [-0.4, -0.2) is 18.4 Å². The molecule has 0 bridgehead atoms. The average Bonchev–Trinajstić information content (AvgIpc) is 2.51. The number of hydrogen-bond donors (Lipinski definition) is 1. The Kier molecular flexibility index (Phi) is 5.75. The normalized spacial score (nSPS) is 10.4. The van der Waals surface area contributed by atoms with Gasteiger partial charge in [0, 0.05) is 24.4 Å². The standard InChI is InChI=1S/C16H12Cl2F2N2O2/c1-9(23)22(11-3-5-14(19)15(20)7-11)8-16(24)21-10-2-4-12(17)13(18)6-10/h2-7H,8H2,1H3,(H,21,24). The zero-order chi connectivity index (χ0) is 17.9. The summed E-state index contributed by atoms with van der Waals surface area (Å²) in [7, 11) is 0. The molecule has 0 aromatic heterocycles. The summed E-state index contributed by atoms with van der Waals surface area (Å²) in [6.07, 6.45) is 0. The summed E-state index contributed by atoms with van der Waals surface area (Å²) >= 11 is 11.6. The summed E-state index contributed by atoms with van der Waals surface area (Å²) < 4.78 is 26.3. The maximum absolute atomic E-state index is 13.3. The molecule has 0 unspecified atom stereocenters. The highest BCUT2D eigenvalue weighted by Crippen LogP contribution is 2.25. The lowest BCUT2D eigenvalue weighted by Gasteiger charge is -2.21. The molecule has 0 atom stereocenters. The minimum Gasteiger partial charge on any atom is -0.324 e. The summed E-state index contributed by atoms with van der Waals surface area (Å²) in [5.41, 5.74) is 0.467. The third kappa shape index (κ3) is 4.43. The van der Waals surface area contributed by atoms with Crippen molar-refractivity contribution < 1.29 is 18.4 Å². The summed E-state index contributed by atoms with van der Waals surface area (Å²) in [4.78, 5) is 24.8. The van der Waals surface area contributed by atoms with Crippen LogP contribution >= 0.6 is 23.2 Å². The van der Waals surface area contributed by atoms with Crippen LogP contribution in [0.2, 0.25) is 10.0 Å². The monoisotopic (exact) mass is 372 g/mol. The largest absolute Gasteiger partial charge is 0.324 e. The maximum Gasteiger partial charge on any atom is 0.244 e. The molecule has 8 heteroatoms. The van der Waals surface area contributed by atoms with Gasteiger partial charge in [-0.15, -0.1) is 0 Å². The van der Waals surface area contributed by atoms with E-state index >= 15 is 0 Å². The second-order valence-corrected chi connectivity index (χ2v) is 5.70. The van der Waals surface area contributed by atoms with Crippen LogP contribution in [0.4, 0.5) is 20.2 Å². The number of halogens is 4. The zero-order valence-electron chi connectivity index (χ0n) is 12.4. The van der Waals surface area contributed by atoms with E-state index < -0.39 is 23.4 Å². The lowest BCUT2D eigenvalue weighted by molar-refractivity contribution is -0.120. The van der Waals surface area contributed by atoms with Crippen molar-refractivity contribution in [3.8, 4) is 0 Å². The highest BCUT2D eigenvalue weighted by Gasteiger charge is 2.17. The quantitative estimate of drug-likeness (QED) is 0.871. The lowest BCUT2D eigenvalue weighted by atomic mass is 10.2. The number of amides is 2. The number of carbonyl (C=O) groups is 2. The van der Waals surface area contributed by atoms with Crippen LogP contribution in [0, 0.1) is 11.6 Å². The number of carbonyl (C=O) groups excluding carboxylic acids is 2. The lowest BCUT2D eigenvalue weighted by Crippen LogP contribution is -2.36. The Morgan fingerprint density at radius 3 is 2.33 bits per heavy atom. The SMILES string of the molecule is CC(=O)N(CC(=O)Nc1ccc(Cl)c(Cl)c1)c1ccc(F)c(F)c1. The fourth-order valence-corrected chi connectivity index (χ4v) is 2.25. The Morgan fingerprint density at radius 1 is 1.04 bits per heavy atom. The summed E-state index contributed by atoms with van der Waals surface area (Å²) in [6.45, 7) is 0.842. The van der Waals surface area contributed by atoms with Crippen LogP contribution in [-0.2, 0) is 9.59 Å². The van der Waals surface area contributed by atoms with E-state index in [0.29, 0.717) is 10.7 Å². The predicted octanol–water partition coefficient (Wildman–Crippen LogP) is 4.26. The molecule has 0 spiro atoms. The number of benzene rings is 2. The first-order valence-electron chi connectivity index (χ1n) is 6.76. The number of nitrogens with one attached hydrogen (secondary N) is 1. The first kappa shape index (κ1) is 18.2. The fraction of sp³-hybridized carbons (Fsp3) is 0.125. The van der Waals surface area contributed by atoms with E-state index in [0.717, 1.165) is 17.0 Å². The molecular weight excluding hydrogens is 361 g/mol. The second kappa shape index (κ2) is 7.59. The van der Waals surface area contributed by atoms with Crippen molar-refractivity contribution >= 4 is 46.4 Å². The highest BCUT2D eigenvalue weighted by atomic mass is 35.5. The molecule has 4 nitrogen and oxygen atoms in total. The first-order valence-corrected chi connectivity index (χ1v) is 7.51. The molecule has 0 aliphatic heterocycles. The van der Waals surface area contributed by atoms with Gasteiger partial charge in [-0.2, -0.15) is 0 Å². The van der Waals surface area contributed by atoms with Crippen LogP contribution in [0.5, 0.6) is 0 Å². The molecule has 0 radical (unpaired) electrons. The molecule has 0 fully saturated rings. The van der Waals surface area contributed by atoms with Crippen LogP contribution < -0.4 is 10.2 Å². The van der Waals surface area contributed by atoms with Crippen molar-refractivity contribution in [2.75, 3.05) is 16.8 Å². The molecule has 24 heavy (non-hydrogen) atoms. The van der Waals surface area contributed by atoms with Crippen LogP contribution in [0.1, 0.15) is 6.92 Å². The van der Waals surface area contributed by atoms with Gasteiger partial charge in [0.1, 0.15) is 6.54 Å². The van der Waals surface area contributed by atoms with Gasteiger partial charge in [-0.05, 0) is 30.3 Å². The number of anilines is 2. The van der Waals surface area contributed by atoms with E-state index in [1.807, 2.05) is 0 Å². The Balaban J connectivity index is 2.15. The third-order valence-electron chi connectivity index (χ3n) is 3.10. The minimum atomic E-state index is -1.11. The zero-order valence-corrected chi connectivity index (χ0v) is 14.0. The summed E-state index contributed by atoms with van der Waals surface area (Å²) in [5.74, 6) is -3.18. The van der Waals surface area contributed by atoms with Gasteiger partial charge in [-0.25, -0.2) is 8.78 Å². The topological polar surface area (TPSA) is 49.4 Å². The summed E-state index contributed by atoms with van der Waals surface area (Å²) in [5, 5.41) is 3.14. The van der Waals surface area contributed by atoms with E-state index in [2.05, 4.69) is 5.32 Å². The smallest absolute Gasteiger partial charge is 0.244 e. The van der Waals surface area contributed by atoms with Crippen LogP contribution in [0.15, 0.2) is 36.4 Å². The van der Waals surface area contributed by atoms with E-state index in [1.165, 1.54) is 25.1 Å². The third-order valence-corrected chi connectivity index (χ3v) is 3.84. The van der Waals surface area contributed by atoms with Gasteiger partial charge in [-0.3, -0.25) is 9.59 Å². The van der Waals surface area contributed by atoms with E-state index in [9.17, 15) is 18.4 Å². The fourth-order valence-electron chi connectivity index (χ4n) is 1.96. The number of rotatable bonds is 4. The molecule has 126 valence electrons. The van der Waals surface area contributed by atoms with Gasteiger partial charge in [-0.1, -0.05) is 23.2 Å². The van der Waals surface area contributed by atoms with Gasteiger partial charge in [0.2, 0.25) is 11.8 Å². The van der Waals surface area contributed by atoms with Crippen molar-refractivity contribution in [1.29, 1.82) is 0 Å². The Labute approximate surface area is 147 Å². The predicted molar refractivity (Wildman–Crippen MR) is 89.5 cm³/mol. The molecule has 0 saturated heterocycles. The number of hydrogen-bond acceptors (Lipinski definition) is 2. The van der Waals surface area contributed by atoms with Crippen molar-refractivity contribution in [2.45, 2.75) is 6.92 Å². The molecule has 0 saturated carbocycles. The van der Waals surface area contributed by atoms with E-state index in [1.54, 1.807) is 6.07 Å². The molecule has 1 N–H and O–H groups in total. The Morgan fingerprint density at radius 2 is 1.75 bits per heavy atom. The van der Waals surface area contributed by atoms with Crippen LogP contribution in [0.3, 0.4) is 0 Å². The molecule has 0 aliphatic carbocycles. The highest BCUT2D eigenvalue weighted by molar-refractivity contribution is 6.42. The van der Waals surface area contributed by atoms with E-state index in [-0.39, 0.29) is 17.3 Å². The summed E-state index contributed by atoms with van der Waals surface area (Å²) in [6, 6.07) is 7.46. The van der Waals surface area contributed by atoms with Gasteiger partial charge < -0.3 is 10.2 Å². The second-order valence-electron chi connectivity index (χ2n) is 4.88. The molecule has 2 amide bonds. The van der Waals surface area contributed by atoms with Crippen molar-refractivity contribution in [3.05, 3.63) is 58.1 Å². The maximum atomic E-state index is 13.3. The van der Waals surface area contributed by atoms with E-state index in [4.69, 9.17) is 23.2 Å². The molecule has 0 heterocycles. The van der Waals surface area contributed by atoms with Gasteiger partial charge in [0.25, 0.3) is 0 Å². The Bertz CT molecular complexity index is 800. The van der Waals surface area contributed by atoms with Crippen molar-refractivity contribution in [3.63, 3.8) is 0 Å². The number of nitrogens with zero attached hydrogens (tertiary/aromatic N) is 1. The molecule has 2 aromatic carbocycles. The van der Waals surface area contributed by atoms with Crippen LogP contribution in [0.25, 0.3) is 0 Å². The molecule has 2 aromatic rings. The van der Waals surface area contributed by atoms with Gasteiger partial charge in [0.05, 0.1) is 10.0 Å². The Hall–Kier alpha value is -2.18. The van der Waals surface area contributed by atoms with Crippen molar-refractivity contribution in [2.24, 2.45) is 0 Å². The van der Waals surface area contributed by atoms with Crippen molar-refractivity contribution in [1.82, 2.24) is 0 Å². The molecular formula is C16H12Cl2F2N2O2. The molecule has 2 rings (SSSR count). The average molecular weight is 373 g/mol. The first-order chi connectivity index (χ1) is 11.3.